The fourth-order valence-corrected chi connectivity index (χ4v) is 0.923. The first-order valence-corrected chi connectivity index (χ1v) is 3.94. The van der Waals surface area contributed by atoms with Crippen LogP contribution in [0.3, 0.4) is 0 Å². The first kappa shape index (κ1) is 9.98. The van der Waals surface area contributed by atoms with E-state index in [0.29, 0.717) is 5.92 Å². The molecule has 0 rings (SSSR count). The summed E-state index contributed by atoms with van der Waals surface area (Å²) < 4.78 is 0. The van der Waals surface area contributed by atoms with Gasteiger partial charge >= 0.3 is 7.12 Å². The molecule has 0 aromatic rings. The Kier molecular flexibility index (Phi) is 4.74. The molecule has 0 saturated heterocycles. The van der Waals surface area contributed by atoms with Gasteiger partial charge in [-0.15, -0.1) is 0 Å². The van der Waals surface area contributed by atoms with Gasteiger partial charge in [-0.3, -0.25) is 0 Å². The normalized spacial score (nSPS) is 16.5. The van der Waals surface area contributed by atoms with Crippen LogP contribution in [0.25, 0.3) is 0 Å². The zero-order valence-electron chi connectivity index (χ0n) is 7.04. The van der Waals surface area contributed by atoms with Gasteiger partial charge in [0.05, 0.1) is 0 Å². The highest BCUT2D eigenvalue weighted by Crippen LogP contribution is 2.19. The molecule has 3 heteroatoms. The molecule has 0 radical (unpaired) electrons. The van der Waals surface area contributed by atoms with Crippen LogP contribution in [0.2, 0.25) is 5.82 Å². The molecular weight excluding hydrogens is 127 g/mol. The second kappa shape index (κ2) is 4.75. The van der Waals surface area contributed by atoms with Gasteiger partial charge in [0.25, 0.3) is 0 Å². The predicted octanol–water partition coefficient (Wildman–Crippen LogP) is 1.29. The van der Waals surface area contributed by atoms with Gasteiger partial charge < -0.3 is 10.0 Å². The average molecular weight is 144 g/mol. The van der Waals surface area contributed by atoms with Crippen molar-refractivity contribution in [3.63, 3.8) is 0 Å². The van der Waals surface area contributed by atoms with E-state index in [-0.39, 0.29) is 5.82 Å². The lowest BCUT2D eigenvalue weighted by Gasteiger charge is -2.13. The first-order valence-electron chi connectivity index (χ1n) is 3.94. The zero-order valence-corrected chi connectivity index (χ0v) is 7.04. The molecule has 0 unspecified atom stereocenters. The third-order valence-electron chi connectivity index (χ3n) is 1.98. The van der Waals surface area contributed by atoms with E-state index < -0.39 is 7.12 Å². The first-order chi connectivity index (χ1) is 4.57. The molecule has 60 valence electrons. The van der Waals surface area contributed by atoms with Gasteiger partial charge in [0.15, 0.2) is 0 Å². The molecule has 0 aromatic heterocycles. The van der Waals surface area contributed by atoms with E-state index in [9.17, 15) is 0 Å². The quantitative estimate of drug-likeness (QED) is 0.583. The van der Waals surface area contributed by atoms with E-state index in [1.54, 1.807) is 0 Å². The lowest BCUT2D eigenvalue weighted by molar-refractivity contribution is 0.367. The Balaban J connectivity index is 3.46. The highest BCUT2D eigenvalue weighted by molar-refractivity contribution is 6.42. The molecule has 0 heterocycles. The van der Waals surface area contributed by atoms with E-state index in [4.69, 9.17) is 10.0 Å². The molecule has 0 aliphatic rings. The second-order valence-corrected chi connectivity index (χ2v) is 3.14. The maximum absolute atomic E-state index is 8.72. The summed E-state index contributed by atoms with van der Waals surface area (Å²) in [5, 5.41) is 17.4. The van der Waals surface area contributed by atoms with Crippen LogP contribution in [-0.2, 0) is 0 Å². The fourth-order valence-electron chi connectivity index (χ4n) is 0.923. The molecule has 0 amide bonds. The highest BCUT2D eigenvalue weighted by Gasteiger charge is 2.19. The Labute approximate surface area is 63.4 Å². The number of hydrogen-bond acceptors (Lipinski definition) is 2. The van der Waals surface area contributed by atoms with Crippen LogP contribution in [0.4, 0.5) is 0 Å². The standard InChI is InChI=1S/C7H17BO2/c1-4-6(2)5-7(3)8(9)10/h6-7,9-10H,4-5H2,1-3H3/t6-,7-/m0/s1. The van der Waals surface area contributed by atoms with E-state index in [0.717, 1.165) is 12.8 Å². The highest BCUT2D eigenvalue weighted by atomic mass is 16.4. The van der Waals surface area contributed by atoms with Crippen molar-refractivity contribution in [2.45, 2.75) is 39.4 Å². The topological polar surface area (TPSA) is 40.5 Å². The van der Waals surface area contributed by atoms with Crippen molar-refractivity contribution in [3.8, 4) is 0 Å². The van der Waals surface area contributed by atoms with Gasteiger partial charge in [-0.2, -0.15) is 0 Å². The van der Waals surface area contributed by atoms with Crippen LogP contribution in [0.1, 0.15) is 33.6 Å². The van der Waals surface area contributed by atoms with Gasteiger partial charge in [0.2, 0.25) is 0 Å². The second-order valence-electron chi connectivity index (χ2n) is 3.14. The Bertz CT molecular complexity index is 85.7. The third kappa shape index (κ3) is 3.91. The van der Waals surface area contributed by atoms with Crippen LogP contribution in [0, 0.1) is 5.92 Å². The molecule has 0 aromatic carbocycles. The van der Waals surface area contributed by atoms with Crippen molar-refractivity contribution in [3.05, 3.63) is 0 Å². The summed E-state index contributed by atoms with van der Waals surface area (Å²) in [6, 6.07) is 0. The summed E-state index contributed by atoms with van der Waals surface area (Å²) in [5.41, 5.74) is 0. The van der Waals surface area contributed by atoms with Gasteiger partial charge in [-0.25, -0.2) is 0 Å². The van der Waals surface area contributed by atoms with Crippen molar-refractivity contribution >= 4 is 7.12 Å². The summed E-state index contributed by atoms with van der Waals surface area (Å²) in [6.45, 7) is 6.09. The number of hydrogen-bond donors (Lipinski definition) is 2. The van der Waals surface area contributed by atoms with Crippen LogP contribution < -0.4 is 0 Å². The molecule has 2 atom stereocenters. The maximum Gasteiger partial charge on any atom is 0.454 e. The van der Waals surface area contributed by atoms with Gasteiger partial charge in [0, 0.05) is 0 Å². The largest absolute Gasteiger partial charge is 0.454 e. The maximum atomic E-state index is 8.72. The van der Waals surface area contributed by atoms with Crippen LogP contribution in [0.15, 0.2) is 0 Å². The van der Waals surface area contributed by atoms with Crippen LogP contribution in [0.5, 0.6) is 0 Å². The molecule has 0 saturated carbocycles. The van der Waals surface area contributed by atoms with E-state index in [1.165, 1.54) is 0 Å². The van der Waals surface area contributed by atoms with E-state index >= 15 is 0 Å². The monoisotopic (exact) mass is 144 g/mol. The predicted molar refractivity (Wildman–Crippen MR) is 43.7 cm³/mol. The van der Waals surface area contributed by atoms with Crippen molar-refractivity contribution in [1.29, 1.82) is 0 Å². The molecule has 0 spiro atoms. The van der Waals surface area contributed by atoms with E-state index in [1.807, 2.05) is 6.92 Å². The molecular formula is C7H17BO2. The summed E-state index contributed by atoms with van der Waals surface area (Å²) in [7, 11) is -1.14. The summed E-state index contributed by atoms with van der Waals surface area (Å²) in [6.07, 6.45) is 2.01. The third-order valence-corrected chi connectivity index (χ3v) is 1.98. The van der Waals surface area contributed by atoms with Crippen molar-refractivity contribution in [1.82, 2.24) is 0 Å². The Morgan fingerprint density at radius 1 is 1.30 bits per heavy atom. The molecule has 0 aliphatic heterocycles. The van der Waals surface area contributed by atoms with Gasteiger partial charge in [0.1, 0.15) is 0 Å². The molecule has 2 N–H and O–H groups in total. The SMILES string of the molecule is CC[C@H](C)C[C@H](C)B(O)O. The lowest BCUT2D eigenvalue weighted by Crippen LogP contribution is -2.19. The lowest BCUT2D eigenvalue weighted by atomic mass is 9.70. The summed E-state index contributed by atoms with van der Waals surface area (Å²) in [5.74, 6) is 0.603. The Morgan fingerprint density at radius 3 is 2.10 bits per heavy atom. The minimum absolute atomic E-state index is 0.00921. The molecule has 0 fully saturated rings. The number of rotatable bonds is 4. The van der Waals surface area contributed by atoms with Crippen molar-refractivity contribution in [2.24, 2.45) is 5.92 Å². The van der Waals surface area contributed by atoms with Gasteiger partial charge in [-0.1, -0.05) is 27.2 Å². The molecule has 0 bridgehead atoms. The summed E-state index contributed by atoms with van der Waals surface area (Å²) in [4.78, 5) is 0. The Hall–Kier alpha value is -0.0151. The van der Waals surface area contributed by atoms with Crippen LogP contribution >= 0.6 is 0 Å². The smallest absolute Gasteiger partial charge is 0.427 e. The summed E-state index contributed by atoms with van der Waals surface area (Å²) >= 11 is 0. The molecule has 10 heavy (non-hydrogen) atoms. The van der Waals surface area contributed by atoms with Gasteiger partial charge in [-0.05, 0) is 18.2 Å². The Morgan fingerprint density at radius 2 is 1.80 bits per heavy atom. The minimum Gasteiger partial charge on any atom is -0.427 e. The van der Waals surface area contributed by atoms with Crippen LogP contribution in [-0.4, -0.2) is 17.2 Å². The minimum atomic E-state index is -1.14. The molecule has 2 nitrogen and oxygen atoms in total. The zero-order chi connectivity index (χ0) is 8.15. The fraction of sp³-hybridized carbons (Fsp3) is 1.00. The van der Waals surface area contributed by atoms with E-state index in [2.05, 4.69) is 13.8 Å². The van der Waals surface area contributed by atoms with Crippen molar-refractivity contribution < 1.29 is 10.0 Å². The van der Waals surface area contributed by atoms with Crippen molar-refractivity contribution in [2.75, 3.05) is 0 Å². The average Bonchev–Trinajstić information content (AvgIpc) is 1.87. The molecule has 0 aliphatic carbocycles.